The number of rotatable bonds is 2. The van der Waals surface area contributed by atoms with Gasteiger partial charge in [0, 0.05) is 7.11 Å². The number of carbonyl (C=O) groups is 2. The molecular weight excluding hydrogens is 276 g/mol. The fourth-order valence-corrected chi connectivity index (χ4v) is 3.12. The van der Waals surface area contributed by atoms with Crippen molar-refractivity contribution in [2.24, 2.45) is 10.8 Å². The molecule has 118 valence electrons. The zero-order valence-corrected chi connectivity index (χ0v) is 13.3. The lowest BCUT2D eigenvalue weighted by Gasteiger charge is -2.53. The number of hydrogen-bond donors (Lipinski definition) is 1. The minimum atomic E-state index is -1.61. The molecule has 0 aromatic heterocycles. The summed E-state index contributed by atoms with van der Waals surface area (Å²) in [4.78, 5) is 36.1. The van der Waals surface area contributed by atoms with E-state index in [4.69, 9.17) is 14.5 Å². The summed E-state index contributed by atoms with van der Waals surface area (Å²) in [5, 5.41) is 9.43. The average molecular weight is 298 g/mol. The van der Waals surface area contributed by atoms with Crippen LogP contribution in [0.15, 0.2) is 11.6 Å². The first-order valence-corrected chi connectivity index (χ1v) is 6.84. The number of aliphatic hydroxyl groups is 1. The Labute approximate surface area is 124 Å². The van der Waals surface area contributed by atoms with Crippen LogP contribution in [0.1, 0.15) is 34.6 Å². The Morgan fingerprint density at radius 3 is 2.19 bits per heavy atom. The second-order valence-electron chi connectivity index (χ2n) is 6.92. The van der Waals surface area contributed by atoms with Gasteiger partial charge in [-0.1, -0.05) is 0 Å². The van der Waals surface area contributed by atoms with Gasteiger partial charge in [-0.05, 0) is 40.7 Å². The molecule has 1 aliphatic heterocycles. The number of hydrogen-bond acceptors (Lipinski definition) is 6. The topological polar surface area (TPSA) is 82.1 Å². The number of fused-ring (bicyclic) bond motifs is 1. The van der Waals surface area contributed by atoms with Crippen molar-refractivity contribution in [2.75, 3.05) is 13.7 Å². The first-order chi connectivity index (χ1) is 9.48. The average Bonchev–Trinajstić information content (AvgIpc) is 2.44. The van der Waals surface area contributed by atoms with E-state index in [-0.39, 0.29) is 23.7 Å². The van der Waals surface area contributed by atoms with E-state index >= 15 is 0 Å². The molecule has 0 spiro atoms. The second kappa shape index (κ2) is 4.46. The zero-order valence-electron chi connectivity index (χ0n) is 13.3. The summed E-state index contributed by atoms with van der Waals surface area (Å²) in [6.07, 6.45) is 1.50. The van der Waals surface area contributed by atoms with Gasteiger partial charge in [0.25, 0.3) is 0 Å². The van der Waals surface area contributed by atoms with Crippen molar-refractivity contribution in [3.8, 4) is 0 Å². The third kappa shape index (κ3) is 1.86. The summed E-state index contributed by atoms with van der Waals surface area (Å²) in [6.45, 7) is 7.72. The summed E-state index contributed by atoms with van der Waals surface area (Å²) in [5.41, 5.74) is -3.25. The molecule has 2 rings (SSSR count). The molecule has 1 N–H and O–H groups in total. The molecule has 0 unspecified atom stereocenters. The molecule has 1 heterocycles. The van der Waals surface area contributed by atoms with Gasteiger partial charge in [0.15, 0.2) is 11.6 Å². The van der Waals surface area contributed by atoms with Crippen LogP contribution in [0.4, 0.5) is 0 Å². The van der Waals surface area contributed by atoms with Crippen molar-refractivity contribution in [3.05, 3.63) is 11.6 Å². The van der Waals surface area contributed by atoms with E-state index in [9.17, 15) is 14.7 Å². The van der Waals surface area contributed by atoms with E-state index in [2.05, 4.69) is 0 Å². The number of carbonyl (C=O) groups excluding carboxylic acids is 2. The molecule has 0 aromatic carbocycles. The van der Waals surface area contributed by atoms with Gasteiger partial charge in [-0.3, -0.25) is 9.59 Å². The smallest absolute Gasteiger partial charge is 0.242 e. The quantitative estimate of drug-likeness (QED) is 0.609. The van der Waals surface area contributed by atoms with Crippen LogP contribution in [0.3, 0.4) is 0 Å². The Morgan fingerprint density at radius 1 is 1.14 bits per heavy atom. The highest BCUT2D eigenvalue weighted by Gasteiger charge is 2.68. The predicted molar refractivity (Wildman–Crippen MR) is 73.1 cm³/mol. The molecule has 0 saturated heterocycles. The van der Waals surface area contributed by atoms with Crippen LogP contribution in [0.25, 0.3) is 0 Å². The van der Waals surface area contributed by atoms with Gasteiger partial charge < -0.3 is 9.84 Å². The normalized spacial score (nSPS) is 38.0. The Bertz CT molecular complexity index is 532. The maximum atomic E-state index is 12.8. The molecule has 0 aromatic rings. The number of ketones is 2. The standard InChI is InChI=1S/C15H22O6/c1-12(2)10(17)9-7-14(5,8-16)20-21-15(9,19-6)13(3,4)11(12)18/h7,16H,8H2,1-6H3/t14-,15-/m0/s1. The maximum Gasteiger partial charge on any atom is 0.242 e. The molecule has 6 heteroatoms. The van der Waals surface area contributed by atoms with Gasteiger partial charge in [0.1, 0.15) is 5.60 Å². The predicted octanol–water partition coefficient (Wildman–Crippen LogP) is 1.17. The highest BCUT2D eigenvalue weighted by molar-refractivity contribution is 6.19. The molecule has 1 aliphatic carbocycles. The Kier molecular flexibility index (Phi) is 3.46. The SMILES string of the molecule is CO[C@]12OO[C@](C)(CO)C=C1C(=O)C(C)(C)C(=O)C2(C)C. The molecule has 2 atom stereocenters. The van der Waals surface area contributed by atoms with Crippen molar-refractivity contribution in [2.45, 2.75) is 46.0 Å². The number of Topliss-reactive ketones (excluding diaryl/α,β-unsaturated/α-hetero) is 2. The minimum absolute atomic E-state index is 0.211. The summed E-state index contributed by atoms with van der Waals surface area (Å²) in [7, 11) is 1.36. The van der Waals surface area contributed by atoms with Crippen molar-refractivity contribution in [3.63, 3.8) is 0 Å². The Balaban J connectivity index is 2.73. The second-order valence-corrected chi connectivity index (χ2v) is 6.92. The molecule has 0 radical (unpaired) electrons. The van der Waals surface area contributed by atoms with Crippen LogP contribution < -0.4 is 0 Å². The molecule has 0 bridgehead atoms. The van der Waals surface area contributed by atoms with E-state index in [1.807, 2.05) is 0 Å². The van der Waals surface area contributed by atoms with Crippen LogP contribution in [0.5, 0.6) is 0 Å². The van der Waals surface area contributed by atoms with E-state index in [1.165, 1.54) is 13.2 Å². The monoisotopic (exact) mass is 298 g/mol. The largest absolute Gasteiger partial charge is 0.393 e. The van der Waals surface area contributed by atoms with Crippen LogP contribution >= 0.6 is 0 Å². The fraction of sp³-hybridized carbons (Fsp3) is 0.733. The number of aliphatic hydroxyl groups excluding tert-OH is 1. The fourth-order valence-electron chi connectivity index (χ4n) is 3.12. The lowest BCUT2D eigenvalue weighted by Crippen LogP contribution is -2.67. The molecular formula is C15H22O6. The van der Waals surface area contributed by atoms with Crippen LogP contribution in [-0.2, 0) is 24.1 Å². The van der Waals surface area contributed by atoms with Crippen molar-refractivity contribution in [1.82, 2.24) is 0 Å². The Hall–Kier alpha value is -1.08. The molecule has 1 fully saturated rings. The third-order valence-electron chi connectivity index (χ3n) is 4.53. The molecule has 6 nitrogen and oxygen atoms in total. The highest BCUT2D eigenvalue weighted by Crippen LogP contribution is 2.54. The van der Waals surface area contributed by atoms with E-state index in [1.54, 1.807) is 34.6 Å². The molecule has 2 aliphatic rings. The van der Waals surface area contributed by atoms with Crippen molar-refractivity contribution < 1.29 is 29.2 Å². The molecule has 21 heavy (non-hydrogen) atoms. The lowest BCUT2D eigenvalue weighted by atomic mass is 9.57. The summed E-state index contributed by atoms with van der Waals surface area (Å²) in [5.74, 6) is -2.27. The number of methoxy groups -OCH3 is 1. The first kappa shape index (κ1) is 16.3. The van der Waals surface area contributed by atoms with Crippen molar-refractivity contribution in [1.29, 1.82) is 0 Å². The van der Waals surface area contributed by atoms with Crippen LogP contribution in [0.2, 0.25) is 0 Å². The van der Waals surface area contributed by atoms with Gasteiger partial charge in [-0.25, -0.2) is 4.89 Å². The third-order valence-corrected chi connectivity index (χ3v) is 4.53. The van der Waals surface area contributed by atoms with E-state index in [0.29, 0.717) is 0 Å². The van der Waals surface area contributed by atoms with Crippen molar-refractivity contribution >= 4 is 11.6 Å². The maximum absolute atomic E-state index is 12.8. The van der Waals surface area contributed by atoms with Crippen LogP contribution in [0, 0.1) is 10.8 Å². The lowest BCUT2D eigenvalue weighted by molar-refractivity contribution is -0.470. The van der Waals surface area contributed by atoms with E-state index in [0.717, 1.165) is 0 Å². The number of ether oxygens (including phenoxy) is 1. The first-order valence-electron chi connectivity index (χ1n) is 6.84. The summed E-state index contributed by atoms with van der Waals surface area (Å²) >= 11 is 0. The van der Waals surface area contributed by atoms with Gasteiger partial charge >= 0.3 is 0 Å². The van der Waals surface area contributed by atoms with E-state index < -0.39 is 22.2 Å². The summed E-state index contributed by atoms with van der Waals surface area (Å²) < 4.78 is 5.43. The molecule has 0 amide bonds. The van der Waals surface area contributed by atoms with Crippen LogP contribution in [-0.4, -0.2) is 41.8 Å². The zero-order chi connectivity index (χ0) is 16.3. The van der Waals surface area contributed by atoms with Gasteiger partial charge in [-0.15, -0.1) is 0 Å². The Morgan fingerprint density at radius 2 is 1.71 bits per heavy atom. The van der Waals surface area contributed by atoms with Gasteiger partial charge in [0.2, 0.25) is 5.79 Å². The van der Waals surface area contributed by atoms with Gasteiger partial charge in [-0.2, -0.15) is 4.89 Å². The highest BCUT2D eigenvalue weighted by atomic mass is 17.2. The van der Waals surface area contributed by atoms with Gasteiger partial charge in [0.05, 0.1) is 23.0 Å². The summed E-state index contributed by atoms with van der Waals surface area (Å²) in [6, 6.07) is 0. The molecule has 1 saturated carbocycles. The minimum Gasteiger partial charge on any atom is -0.393 e.